The Hall–Kier alpha value is -2.49. The van der Waals surface area contributed by atoms with E-state index in [0.29, 0.717) is 0 Å². The Kier molecular flexibility index (Phi) is 4.17. The van der Waals surface area contributed by atoms with Crippen LogP contribution in [0.25, 0.3) is 0 Å². The zero-order valence-corrected chi connectivity index (χ0v) is 10.4. The SMILES string of the molecule is COC(=O)NS(=O)(=O)Nc1ccc(O)cc1C(=O)O. The number of amides is 1. The van der Waals surface area contributed by atoms with Gasteiger partial charge in [-0.1, -0.05) is 0 Å². The van der Waals surface area contributed by atoms with Crippen LogP contribution in [0.5, 0.6) is 5.75 Å². The fourth-order valence-electron chi connectivity index (χ4n) is 1.12. The van der Waals surface area contributed by atoms with E-state index in [2.05, 4.69) is 4.74 Å². The fourth-order valence-corrected chi connectivity index (χ4v) is 1.94. The van der Waals surface area contributed by atoms with Crippen LogP contribution in [0.2, 0.25) is 0 Å². The monoisotopic (exact) mass is 290 g/mol. The number of phenols is 1. The second-order valence-electron chi connectivity index (χ2n) is 3.23. The van der Waals surface area contributed by atoms with Gasteiger partial charge in [0.15, 0.2) is 0 Å². The van der Waals surface area contributed by atoms with E-state index in [4.69, 9.17) is 10.2 Å². The Morgan fingerprint density at radius 2 is 1.95 bits per heavy atom. The first-order chi connectivity index (χ1) is 8.75. The molecule has 0 heterocycles. The predicted octanol–water partition coefficient (Wildman–Crippen LogP) is 0.103. The smallest absolute Gasteiger partial charge is 0.422 e. The normalized spacial score (nSPS) is 10.6. The number of carbonyl (C=O) groups is 2. The lowest BCUT2D eigenvalue weighted by molar-refractivity contribution is 0.0697. The Balaban J connectivity index is 3.06. The van der Waals surface area contributed by atoms with Gasteiger partial charge in [0.05, 0.1) is 18.4 Å². The number of aromatic carboxylic acids is 1. The standard InChI is InChI=1S/C9H10N2O7S/c1-18-9(15)11-19(16,17)10-7-3-2-5(12)4-6(7)8(13)14/h2-4,10,12H,1H3,(H,11,15)(H,13,14). The van der Waals surface area contributed by atoms with Crippen molar-refractivity contribution >= 4 is 28.0 Å². The second-order valence-corrected chi connectivity index (χ2v) is 4.65. The topological polar surface area (TPSA) is 142 Å². The fraction of sp³-hybridized carbons (Fsp3) is 0.111. The van der Waals surface area contributed by atoms with Gasteiger partial charge in [-0.2, -0.15) is 8.42 Å². The zero-order chi connectivity index (χ0) is 14.6. The molecule has 9 nitrogen and oxygen atoms in total. The third-order valence-electron chi connectivity index (χ3n) is 1.88. The van der Waals surface area contributed by atoms with Crippen LogP contribution < -0.4 is 9.44 Å². The van der Waals surface area contributed by atoms with Gasteiger partial charge in [-0.25, -0.2) is 14.3 Å². The van der Waals surface area contributed by atoms with Crippen LogP contribution in [0, 0.1) is 0 Å². The van der Waals surface area contributed by atoms with Crippen molar-refractivity contribution in [1.29, 1.82) is 0 Å². The first-order valence-corrected chi connectivity index (χ1v) is 6.18. The van der Waals surface area contributed by atoms with Crippen molar-refractivity contribution in [3.05, 3.63) is 23.8 Å². The molecule has 10 heteroatoms. The first-order valence-electron chi connectivity index (χ1n) is 4.70. The van der Waals surface area contributed by atoms with Gasteiger partial charge in [-0.3, -0.25) is 4.72 Å². The molecule has 0 saturated carbocycles. The molecule has 0 bridgehead atoms. The lowest BCUT2D eigenvalue weighted by Gasteiger charge is -2.10. The van der Waals surface area contributed by atoms with Crippen LogP contribution in [-0.2, 0) is 14.9 Å². The highest BCUT2D eigenvalue weighted by molar-refractivity contribution is 7.91. The Morgan fingerprint density at radius 3 is 2.47 bits per heavy atom. The van der Waals surface area contributed by atoms with Crippen molar-refractivity contribution < 1.29 is 33.0 Å². The molecule has 0 atom stereocenters. The summed E-state index contributed by atoms with van der Waals surface area (Å²) in [6, 6.07) is 2.98. The molecule has 1 aromatic carbocycles. The molecule has 0 unspecified atom stereocenters. The maximum atomic E-state index is 11.5. The number of methoxy groups -OCH3 is 1. The maximum Gasteiger partial charge on any atom is 0.422 e. The average molecular weight is 290 g/mol. The number of hydrogen-bond donors (Lipinski definition) is 4. The van der Waals surface area contributed by atoms with Gasteiger partial charge >= 0.3 is 22.3 Å². The first kappa shape index (κ1) is 14.6. The number of benzene rings is 1. The third kappa shape index (κ3) is 4.03. The molecule has 0 aromatic heterocycles. The van der Waals surface area contributed by atoms with Crippen LogP contribution in [-0.4, -0.2) is 37.8 Å². The van der Waals surface area contributed by atoms with E-state index in [1.807, 2.05) is 4.72 Å². The van der Waals surface area contributed by atoms with Crippen molar-refractivity contribution in [3.8, 4) is 5.75 Å². The number of rotatable bonds is 4. The highest BCUT2D eigenvalue weighted by atomic mass is 32.2. The van der Waals surface area contributed by atoms with Gasteiger partial charge in [0, 0.05) is 0 Å². The summed E-state index contributed by atoms with van der Waals surface area (Å²) in [4.78, 5) is 21.7. The van der Waals surface area contributed by atoms with Crippen LogP contribution in [0.15, 0.2) is 18.2 Å². The number of aromatic hydroxyl groups is 1. The van der Waals surface area contributed by atoms with E-state index in [1.165, 1.54) is 4.72 Å². The van der Waals surface area contributed by atoms with Crippen molar-refractivity contribution in [2.75, 3.05) is 11.8 Å². The molecule has 1 rings (SSSR count). The Labute approximate surface area is 108 Å². The van der Waals surface area contributed by atoms with Gasteiger partial charge < -0.3 is 14.9 Å². The number of carbonyl (C=O) groups excluding carboxylic acids is 1. The number of hydrogen-bond acceptors (Lipinski definition) is 6. The molecule has 0 saturated heterocycles. The molecule has 19 heavy (non-hydrogen) atoms. The number of nitrogens with one attached hydrogen (secondary N) is 2. The lowest BCUT2D eigenvalue weighted by Crippen LogP contribution is -2.35. The molecular weight excluding hydrogens is 280 g/mol. The molecule has 0 aliphatic carbocycles. The van der Waals surface area contributed by atoms with Crippen molar-refractivity contribution in [1.82, 2.24) is 4.72 Å². The number of carboxylic acids is 1. The summed E-state index contributed by atoms with van der Waals surface area (Å²) in [7, 11) is -3.37. The minimum Gasteiger partial charge on any atom is -0.508 e. The van der Waals surface area contributed by atoms with E-state index in [1.54, 1.807) is 0 Å². The van der Waals surface area contributed by atoms with Crippen molar-refractivity contribution in [2.24, 2.45) is 0 Å². The van der Waals surface area contributed by atoms with E-state index >= 15 is 0 Å². The molecule has 0 spiro atoms. The summed E-state index contributed by atoms with van der Waals surface area (Å²) in [6.07, 6.45) is -1.23. The lowest BCUT2D eigenvalue weighted by atomic mass is 10.2. The largest absolute Gasteiger partial charge is 0.508 e. The quantitative estimate of drug-likeness (QED) is 0.576. The molecule has 0 aliphatic heterocycles. The minimum absolute atomic E-state index is 0.318. The van der Waals surface area contributed by atoms with Crippen LogP contribution in [0.1, 0.15) is 10.4 Å². The summed E-state index contributed by atoms with van der Waals surface area (Å²) < 4.78 is 30.3. The summed E-state index contributed by atoms with van der Waals surface area (Å²) in [5.74, 6) is -1.80. The van der Waals surface area contributed by atoms with E-state index in [9.17, 15) is 18.0 Å². The summed E-state index contributed by atoms with van der Waals surface area (Å²) in [5, 5.41) is 18.0. The highest BCUT2D eigenvalue weighted by Crippen LogP contribution is 2.21. The van der Waals surface area contributed by atoms with Crippen LogP contribution in [0.4, 0.5) is 10.5 Å². The van der Waals surface area contributed by atoms with E-state index in [-0.39, 0.29) is 11.4 Å². The Morgan fingerprint density at radius 1 is 1.32 bits per heavy atom. The van der Waals surface area contributed by atoms with Crippen LogP contribution >= 0.6 is 0 Å². The van der Waals surface area contributed by atoms with Gasteiger partial charge in [0.2, 0.25) is 0 Å². The van der Waals surface area contributed by atoms with E-state index < -0.39 is 27.8 Å². The molecule has 4 N–H and O–H groups in total. The molecule has 0 fully saturated rings. The molecule has 104 valence electrons. The molecule has 0 aliphatic rings. The van der Waals surface area contributed by atoms with E-state index in [0.717, 1.165) is 25.3 Å². The molecular formula is C9H10N2O7S. The van der Waals surface area contributed by atoms with Gasteiger partial charge in [-0.05, 0) is 18.2 Å². The maximum absolute atomic E-state index is 11.5. The molecule has 1 aromatic rings. The van der Waals surface area contributed by atoms with Crippen LogP contribution in [0.3, 0.4) is 0 Å². The average Bonchev–Trinajstić information content (AvgIpc) is 2.30. The second kappa shape index (κ2) is 5.44. The summed E-state index contributed by atoms with van der Waals surface area (Å²) in [5.41, 5.74) is -0.794. The van der Waals surface area contributed by atoms with Gasteiger partial charge in [0.25, 0.3) is 0 Å². The zero-order valence-electron chi connectivity index (χ0n) is 9.58. The van der Waals surface area contributed by atoms with Crippen molar-refractivity contribution in [2.45, 2.75) is 0 Å². The highest BCUT2D eigenvalue weighted by Gasteiger charge is 2.19. The Bertz CT molecular complexity index is 611. The number of anilines is 1. The number of phenolic OH excluding ortho intramolecular Hbond substituents is 1. The van der Waals surface area contributed by atoms with Crippen molar-refractivity contribution in [3.63, 3.8) is 0 Å². The molecule has 0 radical (unpaired) electrons. The van der Waals surface area contributed by atoms with Gasteiger partial charge in [0.1, 0.15) is 5.75 Å². The van der Waals surface area contributed by atoms with Gasteiger partial charge in [-0.15, -0.1) is 0 Å². The predicted molar refractivity (Wildman–Crippen MR) is 63.1 cm³/mol. The number of carboxylic acid groups (broad SMARTS) is 1. The minimum atomic E-state index is -4.33. The molecule has 1 amide bonds. The summed E-state index contributed by atoms with van der Waals surface area (Å²) >= 11 is 0. The third-order valence-corrected chi connectivity index (χ3v) is 2.81. The summed E-state index contributed by atoms with van der Waals surface area (Å²) in [6.45, 7) is 0. The number of ether oxygens (including phenoxy) is 1.